The summed E-state index contributed by atoms with van der Waals surface area (Å²) in [5.41, 5.74) is 0.421. The van der Waals surface area contributed by atoms with Crippen molar-refractivity contribution in [1.29, 1.82) is 0 Å². The standard InChI is InChI=1S/C12H17ClN2/c1-8(2)12(3)7-9(12)14-11-6-4-5-10(13)15-11/h4-6,8-9H,7H2,1-3H3,(H,14,15). The third-order valence-electron chi connectivity index (χ3n) is 3.64. The minimum Gasteiger partial charge on any atom is -0.367 e. The van der Waals surface area contributed by atoms with Gasteiger partial charge in [0.25, 0.3) is 0 Å². The quantitative estimate of drug-likeness (QED) is 0.794. The van der Waals surface area contributed by atoms with Crippen LogP contribution in [0.1, 0.15) is 27.2 Å². The molecule has 0 radical (unpaired) electrons. The molecule has 2 unspecified atom stereocenters. The minimum atomic E-state index is 0.421. The SMILES string of the molecule is CC(C)C1(C)CC1Nc1cccc(Cl)n1. The molecule has 15 heavy (non-hydrogen) atoms. The van der Waals surface area contributed by atoms with E-state index in [4.69, 9.17) is 11.6 Å². The molecule has 2 rings (SSSR count). The van der Waals surface area contributed by atoms with E-state index in [1.807, 2.05) is 12.1 Å². The highest BCUT2D eigenvalue weighted by molar-refractivity contribution is 6.29. The average Bonchev–Trinajstić information content (AvgIpc) is 2.78. The number of hydrogen-bond acceptors (Lipinski definition) is 2. The maximum absolute atomic E-state index is 5.83. The van der Waals surface area contributed by atoms with Crippen molar-refractivity contribution in [1.82, 2.24) is 4.98 Å². The molecule has 0 aliphatic heterocycles. The van der Waals surface area contributed by atoms with Crippen LogP contribution in [0.25, 0.3) is 0 Å². The normalized spacial score (nSPS) is 29.3. The lowest BCUT2D eigenvalue weighted by atomic mass is 9.94. The van der Waals surface area contributed by atoms with Gasteiger partial charge in [-0.2, -0.15) is 0 Å². The van der Waals surface area contributed by atoms with E-state index in [9.17, 15) is 0 Å². The first kappa shape index (κ1) is 10.7. The van der Waals surface area contributed by atoms with Gasteiger partial charge >= 0.3 is 0 Å². The number of nitrogens with one attached hydrogen (secondary N) is 1. The highest BCUT2D eigenvalue weighted by Crippen LogP contribution is 2.52. The molecule has 1 N–H and O–H groups in total. The van der Waals surface area contributed by atoms with Gasteiger partial charge in [0.05, 0.1) is 0 Å². The van der Waals surface area contributed by atoms with Gasteiger partial charge in [-0.3, -0.25) is 0 Å². The van der Waals surface area contributed by atoms with E-state index in [0.717, 1.165) is 5.82 Å². The predicted octanol–water partition coefficient (Wildman–Crippen LogP) is 3.58. The largest absolute Gasteiger partial charge is 0.367 e. The number of aromatic nitrogens is 1. The summed E-state index contributed by atoms with van der Waals surface area (Å²) < 4.78 is 0. The Balaban J connectivity index is 2.01. The molecule has 1 aromatic heterocycles. The Morgan fingerprint density at radius 3 is 2.80 bits per heavy atom. The fourth-order valence-corrected chi connectivity index (χ4v) is 2.07. The molecule has 2 nitrogen and oxygen atoms in total. The number of nitrogens with zero attached hydrogens (tertiary/aromatic N) is 1. The van der Waals surface area contributed by atoms with E-state index >= 15 is 0 Å². The van der Waals surface area contributed by atoms with E-state index in [1.165, 1.54) is 6.42 Å². The fourth-order valence-electron chi connectivity index (χ4n) is 1.90. The molecule has 1 aromatic rings. The molecule has 1 saturated carbocycles. The highest BCUT2D eigenvalue weighted by atomic mass is 35.5. The van der Waals surface area contributed by atoms with Crippen LogP contribution in [0.5, 0.6) is 0 Å². The van der Waals surface area contributed by atoms with Crippen molar-refractivity contribution in [2.24, 2.45) is 11.3 Å². The molecular formula is C12H17ClN2. The lowest BCUT2D eigenvalue weighted by Gasteiger charge is -2.16. The Morgan fingerprint density at radius 1 is 1.53 bits per heavy atom. The molecule has 3 heteroatoms. The van der Waals surface area contributed by atoms with Crippen molar-refractivity contribution in [3.8, 4) is 0 Å². The van der Waals surface area contributed by atoms with Gasteiger partial charge in [0.15, 0.2) is 0 Å². The van der Waals surface area contributed by atoms with E-state index in [-0.39, 0.29) is 0 Å². The fraction of sp³-hybridized carbons (Fsp3) is 0.583. The van der Waals surface area contributed by atoms with Crippen LogP contribution in [0.3, 0.4) is 0 Å². The smallest absolute Gasteiger partial charge is 0.131 e. The molecule has 0 aromatic carbocycles. The number of halogens is 1. The molecule has 0 spiro atoms. The lowest BCUT2D eigenvalue weighted by Crippen LogP contribution is -2.16. The second-order valence-electron chi connectivity index (χ2n) is 4.91. The van der Waals surface area contributed by atoms with Gasteiger partial charge in [-0.25, -0.2) is 4.98 Å². The van der Waals surface area contributed by atoms with Crippen LogP contribution < -0.4 is 5.32 Å². The number of anilines is 1. The summed E-state index contributed by atoms with van der Waals surface area (Å²) in [6, 6.07) is 6.22. The Hall–Kier alpha value is -0.760. The van der Waals surface area contributed by atoms with Crippen LogP contribution in [0.2, 0.25) is 5.15 Å². The first-order valence-corrected chi connectivity index (χ1v) is 5.79. The van der Waals surface area contributed by atoms with Crippen LogP contribution in [-0.2, 0) is 0 Å². The third-order valence-corrected chi connectivity index (χ3v) is 3.85. The van der Waals surface area contributed by atoms with E-state index in [2.05, 4.69) is 31.1 Å². The molecule has 0 bridgehead atoms. The summed E-state index contributed by atoms with van der Waals surface area (Å²) >= 11 is 5.83. The monoisotopic (exact) mass is 224 g/mol. The summed E-state index contributed by atoms with van der Waals surface area (Å²) in [4.78, 5) is 4.23. The van der Waals surface area contributed by atoms with E-state index in [1.54, 1.807) is 6.07 Å². The zero-order chi connectivity index (χ0) is 11.1. The Kier molecular flexibility index (Phi) is 2.63. The Morgan fingerprint density at radius 2 is 2.27 bits per heavy atom. The molecule has 1 heterocycles. The van der Waals surface area contributed by atoms with Gasteiger partial charge in [0.1, 0.15) is 11.0 Å². The highest BCUT2D eigenvalue weighted by Gasteiger charge is 2.52. The van der Waals surface area contributed by atoms with Crippen molar-refractivity contribution >= 4 is 17.4 Å². The van der Waals surface area contributed by atoms with Gasteiger partial charge in [0, 0.05) is 6.04 Å². The molecule has 82 valence electrons. The molecule has 1 aliphatic carbocycles. The molecule has 1 aliphatic rings. The van der Waals surface area contributed by atoms with E-state index in [0.29, 0.717) is 22.5 Å². The number of pyridine rings is 1. The van der Waals surface area contributed by atoms with Gasteiger partial charge in [0.2, 0.25) is 0 Å². The first-order chi connectivity index (χ1) is 7.02. The van der Waals surface area contributed by atoms with Crippen molar-refractivity contribution in [2.75, 3.05) is 5.32 Å². The van der Waals surface area contributed by atoms with Crippen LogP contribution >= 0.6 is 11.6 Å². The maximum Gasteiger partial charge on any atom is 0.131 e. The van der Waals surface area contributed by atoms with Crippen molar-refractivity contribution in [2.45, 2.75) is 33.2 Å². The second-order valence-corrected chi connectivity index (χ2v) is 5.29. The first-order valence-electron chi connectivity index (χ1n) is 5.41. The van der Waals surface area contributed by atoms with E-state index < -0.39 is 0 Å². The summed E-state index contributed by atoms with van der Waals surface area (Å²) in [7, 11) is 0. The minimum absolute atomic E-state index is 0.421. The number of rotatable bonds is 3. The van der Waals surface area contributed by atoms with Crippen LogP contribution in [0.4, 0.5) is 5.82 Å². The van der Waals surface area contributed by atoms with Crippen LogP contribution in [0.15, 0.2) is 18.2 Å². The summed E-state index contributed by atoms with van der Waals surface area (Å²) in [6.07, 6.45) is 1.22. The number of hydrogen-bond donors (Lipinski definition) is 1. The zero-order valence-corrected chi connectivity index (χ0v) is 10.2. The van der Waals surface area contributed by atoms with Crippen molar-refractivity contribution < 1.29 is 0 Å². The van der Waals surface area contributed by atoms with Gasteiger partial charge in [-0.05, 0) is 29.9 Å². The van der Waals surface area contributed by atoms with Gasteiger partial charge in [-0.1, -0.05) is 38.4 Å². The molecule has 1 fully saturated rings. The molecule has 2 atom stereocenters. The second kappa shape index (κ2) is 3.67. The zero-order valence-electron chi connectivity index (χ0n) is 9.42. The van der Waals surface area contributed by atoms with Gasteiger partial charge < -0.3 is 5.32 Å². The van der Waals surface area contributed by atoms with Crippen LogP contribution in [0, 0.1) is 11.3 Å². The molecular weight excluding hydrogens is 208 g/mol. The summed E-state index contributed by atoms with van der Waals surface area (Å²) in [5.74, 6) is 1.59. The lowest BCUT2D eigenvalue weighted by molar-refractivity contribution is 0.387. The Bertz CT molecular complexity index is 364. The Labute approximate surface area is 96.1 Å². The summed E-state index contributed by atoms with van der Waals surface area (Å²) in [6.45, 7) is 6.86. The predicted molar refractivity (Wildman–Crippen MR) is 64.2 cm³/mol. The maximum atomic E-state index is 5.83. The molecule has 0 amide bonds. The van der Waals surface area contributed by atoms with Crippen LogP contribution in [-0.4, -0.2) is 11.0 Å². The average molecular weight is 225 g/mol. The van der Waals surface area contributed by atoms with Gasteiger partial charge in [-0.15, -0.1) is 0 Å². The summed E-state index contributed by atoms with van der Waals surface area (Å²) in [5, 5.41) is 3.98. The van der Waals surface area contributed by atoms with Crippen molar-refractivity contribution in [3.05, 3.63) is 23.4 Å². The topological polar surface area (TPSA) is 24.9 Å². The van der Waals surface area contributed by atoms with Crippen molar-refractivity contribution in [3.63, 3.8) is 0 Å². The third kappa shape index (κ3) is 2.10. The molecule has 0 saturated heterocycles.